The number of aromatic nitrogens is 3. The van der Waals surface area contributed by atoms with E-state index in [2.05, 4.69) is 20.6 Å². The van der Waals surface area contributed by atoms with Crippen LogP contribution in [0.3, 0.4) is 0 Å². The molecule has 7 nitrogen and oxygen atoms in total. The molecule has 4 heterocycles. The lowest BCUT2D eigenvalue weighted by atomic mass is 10.0. The number of piperidine rings is 1. The molecule has 2 aliphatic heterocycles. The normalized spacial score (nSPS) is 22.6. The summed E-state index contributed by atoms with van der Waals surface area (Å²) in [5.74, 6) is -0.244. The fourth-order valence-electron chi connectivity index (χ4n) is 5.21. The van der Waals surface area contributed by atoms with Crippen molar-refractivity contribution in [1.29, 1.82) is 5.26 Å². The van der Waals surface area contributed by atoms with Crippen molar-refractivity contribution < 1.29 is 17.7 Å². The summed E-state index contributed by atoms with van der Waals surface area (Å²) in [7, 11) is -3.03. The molecule has 0 spiro atoms. The van der Waals surface area contributed by atoms with Crippen molar-refractivity contribution in [2.75, 3.05) is 18.6 Å². The Labute approximate surface area is 194 Å². The highest BCUT2D eigenvalue weighted by atomic mass is 31.2. The van der Waals surface area contributed by atoms with E-state index in [1.165, 1.54) is 24.1 Å². The molecule has 2 aromatic heterocycles. The molecule has 3 atom stereocenters. The first-order chi connectivity index (χ1) is 16.0. The number of alkyl halides is 3. The fraction of sp³-hybridized carbons (Fsp3) is 0.435. The molecule has 2 N–H and O–H groups in total. The smallest absolute Gasteiger partial charge is 0.351 e. The second-order valence-electron chi connectivity index (χ2n) is 9.43. The van der Waals surface area contributed by atoms with Crippen LogP contribution in [-0.4, -0.2) is 46.0 Å². The molecule has 0 aliphatic carbocycles. The number of anilines is 1. The molecule has 178 valence electrons. The van der Waals surface area contributed by atoms with E-state index in [0.717, 1.165) is 31.9 Å². The van der Waals surface area contributed by atoms with Gasteiger partial charge in [-0.25, -0.2) is 4.98 Å². The minimum absolute atomic E-state index is 0.0667. The molecule has 0 saturated carbocycles. The Kier molecular flexibility index (Phi) is 5.45. The summed E-state index contributed by atoms with van der Waals surface area (Å²) in [4.78, 5) is 8.28. The fourth-order valence-corrected chi connectivity index (χ4v) is 6.66. The number of rotatable bonds is 4. The zero-order chi connectivity index (χ0) is 24.3. The molecule has 2 saturated heterocycles. The summed E-state index contributed by atoms with van der Waals surface area (Å²) in [6.07, 6.45) is 1.45. The van der Waals surface area contributed by atoms with Gasteiger partial charge in [-0.15, -0.1) is 0 Å². The van der Waals surface area contributed by atoms with Crippen molar-refractivity contribution in [3.8, 4) is 11.9 Å². The van der Waals surface area contributed by atoms with Crippen LogP contribution in [0.1, 0.15) is 36.8 Å². The zero-order valence-corrected chi connectivity index (χ0v) is 19.6. The van der Waals surface area contributed by atoms with Crippen LogP contribution in [0.4, 0.5) is 19.1 Å². The van der Waals surface area contributed by atoms with E-state index in [1.807, 2.05) is 6.07 Å². The number of nitrogens with zero attached hydrogens (tertiary/aromatic N) is 4. The number of fused-ring (bicyclic) bond motifs is 3. The molecular formula is C23H24F3N6OP. The van der Waals surface area contributed by atoms with Gasteiger partial charge in [-0.05, 0) is 51.1 Å². The predicted octanol–water partition coefficient (Wildman–Crippen LogP) is 4.25. The Morgan fingerprint density at radius 1 is 1.21 bits per heavy atom. The third-order valence-corrected chi connectivity index (χ3v) is 8.12. The SMILES string of the molecule is CP(C)(=O)c1c(C#N)ccc2ccn(-c3nc(NC4C[C@H]5CC[C@@H](C4)N5)ncc3C(F)(F)F)c12. The molecule has 11 heteroatoms. The van der Waals surface area contributed by atoms with Crippen molar-refractivity contribution in [3.05, 3.63) is 41.7 Å². The number of nitrogens with one attached hydrogen (secondary N) is 2. The van der Waals surface area contributed by atoms with Gasteiger partial charge in [0.15, 0.2) is 5.82 Å². The highest BCUT2D eigenvalue weighted by Crippen LogP contribution is 2.41. The lowest BCUT2D eigenvalue weighted by Gasteiger charge is -2.29. The first kappa shape index (κ1) is 22.9. The highest BCUT2D eigenvalue weighted by molar-refractivity contribution is 7.70. The highest BCUT2D eigenvalue weighted by Gasteiger charge is 2.38. The van der Waals surface area contributed by atoms with E-state index in [9.17, 15) is 23.0 Å². The van der Waals surface area contributed by atoms with Crippen LogP contribution in [0.2, 0.25) is 0 Å². The van der Waals surface area contributed by atoms with Gasteiger partial charge in [-0.2, -0.15) is 23.4 Å². The van der Waals surface area contributed by atoms with Gasteiger partial charge in [-0.3, -0.25) is 4.57 Å². The standard InChI is InChI=1S/C23H24F3N6OP/c1-34(2,33)20-14(11-27)4-3-13-7-8-32(19(13)20)21-18(23(24,25)26)12-28-22(31-21)30-17-9-15-5-6-16(10-17)29-15/h3-4,7-8,12,15-17,29H,5-6,9-10H2,1-2H3,(H,28,30,31)/t15-,16+,17?. The second kappa shape index (κ2) is 8.10. The van der Waals surface area contributed by atoms with Crippen LogP contribution >= 0.6 is 7.14 Å². The quantitative estimate of drug-likeness (QED) is 0.533. The Bertz CT molecular complexity index is 1340. The van der Waals surface area contributed by atoms with Crippen LogP contribution in [-0.2, 0) is 10.7 Å². The number of halogens is 3. The molecular weight excluding hydrogens is 464 g/mol. The molecule has 0 radical (unpaired) electrons. The molecule has 1 unspecified atom stereocenters. The topological polar surface area (TPSA) is 95.6 Å². The average molecular weight is 488 g/mol. The minimum atomic E-state index is -4.70. The summed E-state index contributed by atoms with van der Waals surface area (Å²) in [6.45, 7) is 3.01. The Balaban J connectivity index is 1.66. The maximum atomic E-state index is 14.0. The molecule has 1 aromatic carbocycles. The van der Waals surface area contributed by atoms with Crippen molar-refractivity contribution in [3.63, 3.8) is 0 Å². The van der Waals surface area contributed by atoms with Crippen LogP contribution in [0.25, 0.3) is 16.7 Å². The molecule has 0 amide bonds. The summed E-state index contributed by atoms with van der Waals surface area (Å²) in [5.41, 5.74) is -0.536. The van der Waals surface area contributed by atoms with Gasteiger partial charge in [0.05, 0.1) is 22.5 Å². The van der Waals surface area contributed by atoms with Crippen LogP contribution in [0, 0.1) is 11.3 Å². The van der Waals surface area contributed by atoms with Crippen LogP contribution in [0.15, 0.2) is 30.6 Å². The maximum Gasteiger partial charge on any atom is 0.421 e. The van der Waals surface area contributed by atoms with Crippen molar-refractivity contribution in [2.24, 2.45) is 0 Å². The number of benzene rings is 1. The average Bonchev–Trinajstić information content (AvgIpc) is 3.33. The van der Waals surface area contributed by atoms with E-state index in [-0.39, 0.29) is 28.7 Å². The van der Waals surface area contributed by atoms with Crippen molar-refractivity contribution in [1.82, 2.24) is 19.9 Å². The Morgan fingerprint density at radius 2 is 1.91 bits per heavy atom. The lowest BCUT2D eigenvalue weighted by Crippen LogP contribution is -2.43. The van der Waals surface area contributed by atoms with Gasteiger partial charge in [-0.1, -0.05) is 6.07 Å². The number of nitriles is 1. The molecule has 5 rings (SSSR count). The molecule has 34 heavy (non-hydrogen) atoms. The van der Waals surface area contributed by atoms with E-state index in [0.29, 0.717) is 23.0 Å². The van der Waals surface area contributed by atoms with Gasteiger partial charge >= 0.3 is 6.18 Å². The summed E-state index contributed by atoms with van der Waals surface area (Å²) in [6, 6.07) is 7.71. The number of hydrogen-bond donors (Lipinski definition) is 2. The summed E-state index contributed by atoms with van der Waals surface area (Å²) < 4.78 is 56.4. The lowest BCUT2D eigenvalue weighted by molar-refractivity contribution is -0.137. The van der Waals surface area contributed by atoms with E-state index in [1.54, 1.807) is 18.2 Å². The predicted molar refractivity (Wildman–Crippen MR) is 124 cm³/mol. The largest absolute Gasteiger partial charge is 0.421 e. The monoisotopic (exact) mass is 488 g/mol. The van der Waals surface area contributed by atoms with E-state index < -0.39 is 18.9 Å². The Morgan fingerprint density at radius 3 is 2.53 bits per heavy atom. The summed E-state index contributed by atoms with van der Waals surface area (Å²) in [5, 5.41) is 17.2. The van der Waals surface area contributed by atoms with Crippen LogP contribution < -0.4 is 15.9 Å². The van der Waals surface area contributed by atoms with E-state index in [4.69, 9.17) is 0 Å². The second-order valence-corrected chi connectivity index (χ2v) is 12.6. The number of hydrogen-bond acceptors (Lipinski definition) is 6. The molecule has 2 fully saturated rings. The van der Waals surface area contributed by atoms with Gasteiger partial charge in [0, 0.05) is 35.9 Å². The third-order valence-electron chi connectivity index (χ3n) is 6.59. The zero-order valence-electron chi connectivity index (χ0n) is 18.7. The van der Waals surface area contributed by atoms with Gasteiger partial charge in [0.25, 0.3) is 0 Å². The summed E-state index contributed by atoms with van der Waals surface area (Å²) >= 11 is 0. The first-order valence-electron chi connectivity index (χ1n) is 11.1. The van der Waals surface area contributed by atoms with Gasteiger partial charge < -0.3 is 15.2 Å². The van der Waals surface area contributed by atoms with Crippen molar-refractivity contribution >= 4 is 29.3 Å². The maximum absolute atomic E-state index is 14.0. The van der Waals surface area contributed by atoms with Gasteiger partial charge in [0.2, 0.25) is 5.95 Å². The molecule has 2 aliphatic rings. The third kappa shape index (κ3) is 4.08. The van der Waals surface area contributed by atoms with Crippen LogP contribution in [0.5, 0.6) is 0 Å². The first-order valence-corrected chi connectivity index (χ1v) is 13.7. The Hall–Kier alpha value is -2.89. The van der Waals surface area contributed by atoms with E-state index >= 15 is 0 Å². The molecule has 2 bridgehead atoms. The minimum Gasteiger partial charge on any atom is -0.351 e. The van der Waals surface area contributed by atoms with Gasteiger partial charge in [0.1, 0.15) is 12.7 Å². The van der Waals surface area contributed by atoms with Crippen molar-refractivity contribution in [2.45, 2.75) is 50.0 Å². The molecule has 3 aromatic rings.